The lowest BCUT2D eigenvalue weighted by Crippen LogP contribution is -2.46. The highest BCUT2D eigenvalue weighted by atomic mass is 32.2. The highest BCUT2D eigenvalue weighted by molar-refractivity contribution is 8.14. The van der Waals surface area contributed by atoms with Gasteiger partial charge < -0.3 is 4.90 Å². The van der Waals surface area contributed by atoms with Crippen molar-refractivity contribution in [2.24, 2.45) is 10.9 Å². The van der Waals surface area contributed by atoms with E-state index in [0.29, 0.717) is 11.5 Å². The summed E-state index contributed by atoms with van der Waals surface area (Å²) >= 11 is 3.38. The summed E-state index contributed by atoms with van der Waals surface area (Å²) in [6.45, 7) is 5.65. The molecule has 1 aromatic rings. The van der Waals surface area contributed by atoms with Gasteiger partial charge in [-0.25, -0.2) is 4.99 Å². The van der Waals surface area contributed by atoms with Crippen molar-refractivity contribution in [3.05, 3.63) is 17.0 Å². The van der Waals surface area contributed by atoms with Crippen LogP contribution >= 0.6 is 23.1 Å². The highest BCUT2D eigenvalue weighted by Gasteiger charge is 2.46. The van der Waals surface area contributed by atoms with Crippen LogP contribution in [0.4, 0.5) is 5.00 Å². The molecule has 0 unspecified atom stereocenters. The third-order valence-electron chi connectivity index (χ3n) is 4.26. The molecule has 1 aliphatic carbocycles. The van der Waals surface area contributed by atoms with E-state index in [9.17, 15) is 0 Å². The molecular weight excluding hydrogens is 298 g/mol. The molecule has 0 atom stereocenters. The molecule has 112 valence electrons. The number of aliphatic imine (C=N–C) groups is 1. The average molecular weight is 319 g/mol. The summed E-state index contributed by atoms with van der Waals surface area (Å²) in [7, 11) is 0. The Morgan fingerprint density at radius 2 is 2.14 bits per heavy atom. The number of nitrogens with zero attached hydrogens (tertiary/aromatic N) is 3. The lowest BCUT2D eigenvalue weighted by atomic mass is 9.97. The molecule has 1 aliphatic heterocycles. The molecule has 0 radical (unpaired) electrons. The topological polar surface area (TPSA) is 39.4 Å². The van der Waals surface area contributed by atoms with Crippen LogP contribution < -0.4 is 0 Å². The van der Waals surface area contributed by atoms with E-state index in [2.05, 4.69) is 24.8 Å². The second kappa shape index (κ2) is 6.02. The smallest absolute Gasteiger partial charge is 0.165 e. The number of nitriles is 1. The van der Waals surface area contributed by atoms with Gasteiger partial charge in [-0.05, 0) is 30.9 Å². The third kappa shape index (κ3) is 2.97. The molecule has 2 heterocycles. The monoisotopic (exact) mass is 319 g/mol. The SMILES string of the molecule is CC(C)CN1C(=Nc2ccc(C#N)s2)SCC12CCCC2. The lowest BCUT2D eigenvalue weighted by molar-refractivity contribution is 0.198. The van der Waals surface area contributed by atoms with Gasteiger partial charge in [0.1, 0.15) is 15.9 Å². The summed E-state index contributed by atoms with van der Waals surface area (Å²) in [6.07, 6.45) is 5.30. The molecular formula is C16H21N3S2. The van der Waals surface area contributed by atoms with E-state index in [1.165, 1.54) is 42.8 Å². The Bertz CT molecular complexity index is 577. The van der Waals surface area contributed by atoms with E-state index in [-0.39, 0.29) is 0 Å². The molecule has 2 aliphatic rings. The fraction of sp³-hybridized carbons (Fsp3) is 0.625. The summed E-state index contributed by atoms with van der Waals surface area (Å²) in [5.41, 5.74) is 0.350. The number of hydrogen-bond donors (Lipinski definition) is 0. The number of amidine groups is 1. The van der Waals surface area contributed by atoms with Gasteiger partial charge in [0.25, 0.3) is 0 Å². The predicted molar refractivity (Wildman–Crippen MR) is 91.3 cm³/mol. The van der Waals surface area contributed by atoms with Gasteiger partial charge in [0.05, 0.1) is 5.54 Å². The Kier molecular flexibility index (Phi) is 4.28. The number of thiophene rings is 1. The molecule has 0 amide bonds. The fourth-order valence-electron chi connectivity index (χ4n) is 3.28. The van der Waals surface area contributed by atoms with Gasteiger partial charge in [-0.3, -0.25) is 0 Å². The molecule has 3 rings (SSSR count). The molecule has 0 N–H and O–H groups in total. The van der Waals surface area contributed by atoms with E-state index in [0.717, 1.165) is 21.6 Å². The van der Waals surface area contributed by atoms with Crippen molar-refractivity contribution >= 4 is 33.3 Å². The third-order valence-corrected chi connectivity index (χ3v) is 6.40. The quantitative estimate of drug-likeness (QED) is 0.815. The van der Waals surface area contributed by atoms with Gasteiger partial charge >= 0.3 is 0 Å². The van der Waals surface area contributed by atoms with Crippen molar-refractivity contribution in [3.8, 4) is 6.07 Å². The van der Waals surface area contributed by atoms with Crippen LogP contribution in [-0.2, 0) is 0 Å². The van der Waals surface area contributed by atoms with E-state index in [1.54, 1.807) is 0 Å². The molecule has 3 nitrogen and oxygen atoms in total. The van der Waals surface area contributed by atoms with Crippen molar-refractivity contribution < 1.29 is 0 Å². The summed E-state index contributed by atoms with van der Waals surface area (Å²) in [4.78, 5) is 8.16. The minimum absolute atomic E-state index is 0.350. The maximum atomic E-state index is 8.95. The van der Waals surface area contributed by atoms with Crippen molar-refractivity contribution in [1.29, 1.82) is 5.26 Å². The number of thioether (sulfide) groups is 1. The van der Waals surface area contributed by atoms with Gasteiger partial charge in [0.15, 0.2) is 5.17 Å². The number of hydrogen-bond acceptors (Lipinski definition) is 4. The van der Waals surface area contributed by atoms with Gasteiger partial charge in [-0.1, -0.05) is 38.5 Å². The zero-order valence-corrected chi connectivity index (χ0v) is 14.3. The van der Waals surface area contributed by atoms with Crippen LogP contribution in [0.5, 0.6) is 0 Å². The molecule has 1 saturated carbocycles. The molecule has 1 spiro atoms. The van der Waals surface area contributed by atoms with E-state index < -0.39 is 0 Å². The molecule has 21 heavy (non-hydrogen) atoms. The first-order valence-corrected chi connectivity index (χ1v) is 9.42. The van der Waals surface area contributed by atoms with Crippen LogP contribution in [0.3, 0.4) is 0 Å². The molecule has 1 saturated heterocycles. The first kappa shape index (κ1) is 14.9. The minimum atomic E-state index is 0.350. The normalized spacial score (nSPS) is 22.6. The molecule has 0 bridgehead atoms. The van der Waals surface area contributed by atoms with Gasteiger partial charge in [-0.2, -0.15) is 5.26 Å². The van der Waals surface area contributed by atoms with Crippen molar-refractivity contribution in [1.82, 2.24) is 4.90 Å². The highest BCUT2D eigenvalue weighted by Crippen LogP contribution is 2.45. The van der Waals surface area contributed by atoms with E-state index in [1.807, 2.05) is 23.9 Å². The van der Waals surface area contributed by atoms with Crippen molar-refractivity contribution in [2.75, 3.05) is 12.3 Å². The van der Waals surface area contributed by atoms with Crippen LogP contribution in [0.15, 0.2) is 17.1 Å². The Balaban J connectivity index is 1.88. The van der Waals surface area contributed by atoms with Gasteiger partial charge in [-0.15, -0.1) is 11.3 Å². The van der Waals surface area contributed by atoms with Gasteiger partial charge in [0.2, 0.25) is 0 Å². The maximum absolute atomic E-state index is 8.95. The van der Waals surface area contributed by atoms with E-state index >= 15 is 0 Å². The summed E-state index contributed by atoms with van der Waals surface area (Å²) in [5, 5.41) is 11.1. The molecule has 5 heteroatoms. The first-order valence-electron chi connectivity index (χ1n) is 7.62. The van der Waals surface area contributed by atoms with Crippen molar-refractivity contribution in [3.63, 3.8) is 0 Å². The second-order valence-corrected chi connectivity index (χ2v) is 8.37. The van der Waals surface area contributed by atoms with E-state index in [4.69, 9.17) is 10.3 Å². The second-order valence-electron chi connectivity index (χ2n) is 6.37. The summed E-state index contributed by atoms with van der Waals surface area (Å²) in [6, 6.07) is 6.02. The zero-order valence-electron chi connectivity index (χ0n) is 12.6. The minimum Gasteiger partial charge on any atom is -0.344 e. The Morgan fingerprint density at radius 3 is 2.76 bits per heavy atom. The summed E-state index contributed by atoms with van der Waals surface area (Å²) in [5.74, 6) is 1.82. The van der Waals surface area contributed by atoms with Crippen LogP contribution in [0.2, 0.25) is 0 Å². The van der Waals surface area contributed by atoms with Crippen LogP contribution in [-0.4, -0.2) is 27.9 Å². The molecule has 2 fully saturated rings. The number of rotatable bonds is 3. The largest absolute Gasteiger partial charge is 0.344 e. The Hall–Kier alpha value is -0.990. The fourth-order valence-corrected chi connectivity index (χ4v) is 5.44. The molecule has 0 aromatic carbocycles. The Labute approximate surface area is 135 Å². The maximum Gasteiger partial charge on any atom is 0.165 e. The summed E-state index contributed by atoms with van der Waals surface area (Å²) < 4.78 is 0. The Morgan fingerprint density at radius 1 is 1.38 bits per heavy atom. The average Bonchev–Trinajstić information content (AvgIpc) is 3.16. The molecule has 1 aromatic heterocycles. The standard InChI is InChI=1S/C16H21N3S2/c1-12(2)10-19-15(18-14-6-5-13(9-17)21-14)20-11-16(19)7-3-4-8-16/h5-6,12H,3-4,7-8,10-11H2,1-2H3. The van der Waals surface area contributed by atoms with Crippen LogP contribution in [0.25, 0.3) is 0 Å². The van der Waals surface area contributed by atoms with Crippen LogP contribution in [0, 0.1) is 17.2 Å². The zero-order chi connectivity index (χ0) is 14.9. The first-order chi connectivity index (χ1) is 10.1. The van der Waals surface area contributed by atoms with Gasteiger partial charge in [0, 0.05) is 12.3 Å². The lowest BCUT2D eigenvalue weighted by Gasteiger charge is -2.36. The van der Waals surface area contributed by atoms with Crippen LogP contribution in [0.1, 0.15) is 44.4 Å². The predicted octanol–water partition coefficient (Wildman–Crippen LogP) is 4.62. The van der Waals surface area contributed by atoms with Crippen molar-refractivity contribution in [2.45, 2.75) is 45.1 Å².